The third-order valence-corrected chi connectivity index (χ3v) is 9.99. The summed E-state index contributed by atoms with van der Waals surface area (Å²) in [5.41, 5.74) is 3.22. The molecule has 7 nitrogen and oxygen atoms in total. The largest absolute Gasteiger partial charge is 0.450 e. The summed E-state index contributed by atoms with van der Waals surface area (Å²) >= 11 is 0. The third-order valence-electron chi connectivity index (χ3n) is 9.99. The number of Topliss-reactive ketones (excluding diaryl/α,β-unsaturated/α-hetero) is 1. The molecule has 0 N–H and O–H groups in total. The lowest BCUT2D eigenvalue weighted by molar-refractivity contribution is -0.124. The van der Waals surface area contributed by atoms with E-state index in [0.717, 1.165) is 12.0 Å². The molecule has 2 bridgehead atoms. The molecule has 0 radical (unpaired) electrons. The van der Waals surface area contributed by atoms with Crippen LogP contribution in [0, 0.1) is 35.5 Å². The number of amides is 2. The summed E-state index contributed by atoms with van der Waals surface area (Å²) in [7, 11) is 0. The van der Waals surface area contributed by atoms with Crippen LogP contribution in [0.5, 0.6) is 0 Å². The van der Waals surface area contributed by atoms with Crippen LogP contribution >= 0.6 is 0 Å². The molecule has 9 rings (SSSR count). The molecule has 218 valence electrons. The van der Waals surface area contributed by atoms with Crippen molar-refractivity contribution in [3.05, 3.63) is 108 Å². The van der Waals surface area contributed by atoms with Crippen LogP contribution in [0.2, 0.25) is 0 Å². The highest BCUT2D eigenvalue weighted by atomic mass is 16.5. The molecule has 2 heterocycles. The van der Waals surface area contributed by atoms with Crippen molar-refractivity contribution in [3.63, 3.8) is 0 Å². The second kappa shape index (κ2) is 10.1. The van der Waals surface area contributed by atoms with E-state index in [1.165, 1.54) is 4.90 Å². The predicted octanol–water partition coefficient (Wildman–Crippen LogP) is 6.28. The molecule has 1 aromatic heterocycles. The minimum atomic E-state index is -0.921. The van der Waals surface area contributed by atoms with Crippen molar-refractivity contribution < 1.29 is 23.9 Å². The fraction of sp³-hybridized carbons (Fsp3) is 0.270. The number of pyridine rings is 1. The Labute approximate surface area is 254 Å². The number of imide groups is 1. The zero-order chi connectivity index (χ0) is 30.1. The first-order valence-electron chi connectivity index (χ1n) is 15.3. The molecule has 0 spiro atoms. The van der Waals surface area contributed by atoms with Gasteiger partial charge in [-0.2, -0.15) is 0 Å². The highest BCUT2D eigenvalue weighted by molar-refractivity contribution is 6.22. The van der Waals surface area contributed by atoms with Crippen molar-refractivity contribution in [2.45, 2.75) is 25.9 Å². The maximum absolute atomic E-state index is 13.6. The molecular weight excluding hydrogens is 552 g/mol. The summed E-state index contributed by atoms with van der Waals surface area (Å²) in [5.74, 6) is -0.101. The standard InChI is InChI=1S/C37H30N2O5/c1-2-31(34(40)21-8-4-3-5-9-21)44-37(43)28-19-30(38-29-11-7-6-10-23(28)29)20-12-14-22(15-13-20)39-35(41)32-24-16-17-25(27-18-26(24)27)33(32)36(39)42/h3-17,19,24-27,31-33H,2,18H2,1H3. The number of allylic oxidation sites excluding steroid dienone is 2. The van der Waals surface area contributed by atoms with Crippen LogP contribution in [-0.4, -0.2) is 34.7 Å². The monoisotopic (exact) mass is 582 g/mol. The number of ketones is 1. The predicted molar refractivity (Wildman–Crippen MR) is 165 cm³/mol. The van der Waals surface area contributed by atoms with E-state index in [1.54, 1.807) is 42.5 Å². The van der Waals surface area contributed by atoms with Crippen LogP contribution in [0.25, 0.3) is 22.2 Å². The number of fused-ring (bicyclic) bond motifs is 1. The number of ether oxygens (including phenoxy) is 1. The Balaban J connectivity index is 1.08. The summed E-state index contributed by atoms with van der Waals surface area (Å²) in [6.07, 6.45) is 4.89. The van der Waals surface area contributed by atoms with E-state index in [2.05, 4.69) is 12.2 Å². The highest BCUT2D eigenvalue weighted by Gasteiger charge is 2.67. The van der Waals surface area contributed by atoms with Gasteiger partial charge in [0.2, 0.25) is 17.6 Å². The molecule has 1 aliphatic heterocycles. The number of para-hydroxylation sites is 1. The first-order valence-corrected chi connectivity index (χ1v) is 15.3. The van der Waals surface area contributed by atoms with Crippen molar-refractivity contribution >= 4 is 40.2 Å². The maximum Gasteiger partial charge on any atom is 0.339 e. The molecule has 4 aromatic rings. The van der Waals surface area contributed by atoms with Gasteiger partial charge in [0.25, 0.3) is 0 Å². The Morgan fingerprint density at radius 2 is 1.50 bits per heavy atom. The van der Waals surface area contributed by atoms with Crippen molar-refractivity contribution in [2.75, 3.05) is 4.90 Å². The number of benzene rings is 3. The minimum Gasteiger partial charge on any atom is -0.450 e. The van der Waals surface area contributed by atoms with Crippen LogP contribution in [0.4, 0.5) is 5.69 Å². The highest BCUT2D eigenvalue weighted by Crippen LogP contribution is 2.65. The number of hydrogen-bond donors (Lipinski definition) is 0. The first-order chi connectivity index (χ1) is 21.4. The molecule has 3 aromatic carbocycles. The van der Waals surface area contributed by atoms with Crippen LogP contribution in [0.15, 0.2) is 97.1 Å². The summed E-state index contributed by atoms with van der Waals surface area (Å²) in [4.78, 5) is 59.9. The average molecular weight is 583 g/mol. The van der Waals surface area contributed by atoms with Crippen molar-refractivity contribution in [3.8, 4) is 11.3 Å². The smallest absolute Gasteiger partial charge is 0.339 e. The van der Waals surface area contributed by atoms with Gasteiger partial charge in [0, 0.05) is 16.5 Å². The number of nitrogens with zero attached hydrogens (tertiary/aromatic N) is 2. The van der Waals surface area contributed by atoms with Crippen molar-refractivity contribution in [2.24, 2.45) is 35.5 Å². The van der Waals surface area contributed by atoms with Gasteiger partial charge in [-0.1, -0.05) is 79.7 Å². The summed E-state index contributed by atoms with van der Waals surface area (Å²) in [5, 5.41) is 0.622. The van der Waals surface area contributed by atoms with E-state index in [-0.39, 0.29) is 41.3 Å². The fourth-order valence-electron chi connectivity index (χ4n) is 7.79. The Kier molecular flexibility index (Phi) is 6.12. The second-order valence-corrected chi connectivity index (χ2v) is 12.3. The molecule has 2 amide bonds. The molecular formula is C37H30N2O5. The Morgan fingerprint density at radius 3 is 2.16 bits per heavy atom. The quantitative estimate of drug-likeness (QED) is 0.110. The van der Waals surface area contributed by atoms with Crippen LogP contribution in [0.3, 0.4) is 0 Å². The summed E-state index contributed by atoms with van der Waals surface area (Å²) in [6, 6.07) is 25.0. The van der Waals surface area contributed by atoms with Gasteiger partial charge in [0.1, 0.15) is 0 Å². The van der Waals surface area contributed by atoms with Gasteiger partial charge >= 0.3 is 5.97 Å². The molecule has 44 heavy (non-hydrogen) atoms. The third kappa shape index (κ3) is 4.06. The lowest BCUT2D eigenvalue weighted by atomic mass is 9.63. The van der Waals surface area contributed by atoms with E-state index in [9.17, 15) is 19.2 Å². The lowest BCUT2D eigenvalue weighted by Gasteiger charge is -2.37. The molecule has 2 saturated carbocycles. The van der Waals surface area contributed by atoms with E-state index in [1.807, 2.05) is 49.4 Å². The van der Waals surface area contributed by atoms with Gasteiger partial charge < -0.3 is 4.74 Å². The van der Waals surface area contributed by atoms with E-state index >= 15 is 0 Å². The second-order valence-electron chi connectivity index (χ2n) is 12.3. The van der Waals surface area contributed by atoms with E-state index < -0.39 is 12.1 Å². The number of anilines is 1. The van der Waals surface area contributed by atoms with Gasteiger partial charge in [-0.25, -0.2) is 9.78 Å². The zero-order valence-electron chi connectivity index (χ0n) is 24.1. The van der Waals surface area contributed by atoms with Gasteiger partial charge in [-0.05, 0) is 60.8 Å². The Morgan fingerprint density at radius 1 is 0.864 bits per heavy atom. The molecule has 1 saturated heterocycles. The SMILES string of the molecule is CCC(OC(=O)c1cc(-c2ccc(N3C(=O)C4C5C=CC(C6CC56)C4C3=O)cc2)nc2ccccc12)C(=O)c1ccccc1. The lowest BCUT2D eigenvalue weighted by Crippen LogP contribution is -2.40. The average Bonchev–Trinajstić information content (AvgIpc) is 3.85. The number of esters is 1. The fourth-order valence-corrected chi connectivity index (χ4v) is 7.79. The number of hydrogen-bond acceptors (Lipinski definition) is 6. The van der Waals surface area contributed by atoms with E-state index in [0.29, 0.717) is 51.7 Å². The van der Waals surface area contributed by atoms with Gasteiger partial charge in [0.05, 0.1) is 34.3 Å². The number of carbonyl (C=O) groups excluding carboxylic acids is 4. The van der Waals surface area contributed by atoms with Crippen LogP contribution < -0.4 is 4.90 Å². The van der Waals surface area contributed by atoms with E-state index in [4.69, 9.17) is 9.72 Å². The van der Waals surface area contributed by atoms with Crippen molar-refractivity contribution in [1.29, 1.82) is 0 Å². The molecule has 7 atom stereocenters. The van der Waals surface area contributed by atoms with Crippen LogP contribution in [-0.2, 0) is 14.3 Å². The normalized spacial score (nSPS) is 26.8. The van der Waals surface area contributed by atoms with Gasteiger partial charge in [-0.3, -0.25) is 19.3 Å². The molecule has 7 heteroatoms. The van der Waals surface area contributed by atoms with Crippen molar-refractivity contribution in [1.82, 2.24) is 4.98 Å². The summed E-state index contributed by atoms with van der Waals surface area (Å²) < 4.78 is 5.79. The topological polar surface area (TPSA) is 93.6 Å². The first kappa shape index (κ1) is 26.7. The number of rotatable bonds is 7. The minimum absolute atomic E-state index is 0.0955. The molecule has 3 fully saturated rings. The number of carbonyl (C=O) groups is 4. The zero-order valence-corrected chi connectivity index (χ0v) is 24.1. The number of aromatic nitrogens is 1. The van der Waals surface area contributed by atoms with Gasteiger partial charge in [-0.15, -0.1) is 0 Å². The maximum atomic E-state index is 13.6. The van der Waals surface area contributed by atoms with Gasteiger partial charge in [0.15, 0.2) is 6.10 Å². The Bertz CT molecular complexity index is 1850. The van der Waals surface area contributed by atoms with Crippen LogP contribution in [0.1, 0.15) is 40.5 Å². The summed E-state index contributed by atoms with van der Waals surface area (Å²) in [6.45, 7) is 1.81. The molecule has 4 aliphatic carbocycles. The molecule has 5 aliphatic rings. The Hall–Kier alpha value is -4.91. The molecule has 7 unspecified atom stereocenters.